The molecule has 2 aromatic rings. The molecule has 0 radical (unpaired) electrons. The summed E-state index contributed by atoms with van der Waals surface area (Å²) in [5, 5.41) is 38.4. The van der Waals surface area contributed by atoms with Crippen molar-refractivity contribution in [3.05, 3.63) is 35.9 Å². The van der Waals surface area contributed by atoms with E-state index in [9.17, 15) is 10.2 Å². The number of aryl methyl sites for hydroxylation is 1. The first-order valence-corrected chi connectivity index (χ1v) is 5.92. The van der Waals surface area contributed by atoms with E-state index >= 15 is 0 Å². The fraction of sp³-hybridized carbons (Fsp3) is 0.200. The van der Waals surface area contributed by atoms with Crippen LogP contribution in [0.25, 0.3) is 10.8 Å². The van der Waals surface area contributed by atoms with Crippen molar-refractivity contribution < 1.29 is 30.0 Å². The van der Waals surface area contributed by atoms with Crippen molar-refractivity contribution in [2.24, 2.45) is 0 Å². The molecule has 0 saturated heterocycles. The Kier molecular flexibility index (Phi) is 7.31. The zero-order valence-corrected chi connectivity index (χ0v) is 11.9. The van der Waals surface area contributed by atoms with Crippen molar-refractivity contribution in [3.63, 3.8) is 0 Å². The van der Waals surface area contributed by atoms with Crippen molar-refractivity contribution in [2.45, 2.75) is 20.8 Å². The third-order valence-electron chi connectivity index (χ3n) is 2.18. The van der Waals surface area contributed by atoms with Crippen LogP contribution in [0.3, 0.4) is 0 Å². The van der Waals surface area contributed by atoms with Crippen molar-refractivity contribution in [2.75, 3.05) is 0 Å². The van der Waals surface area contributed by atoms with Gasteiger partial charge in [-0.15, -0.1) is 0 Å². The summed E-state index contributed by atoms with van der Waals surface area (Å²) in [6.45, 7) is 3.71. The second-order valence-electron chi connectivity index (χ2n) is 4.09. The van der Waals surface area contributed by atoms with Gasteiger partial charge in [0.25, 0.3) is 0 Å². The first kappa shape index (κ1) is 18.2. The third kappa shape index (κ3) is 6.81. The first-order chi connectivity index (χ1) is 9.66. The van der Waals surface area contributed by atoms with Crippen LogP contribution in [-0.2, 0) is 9.59 Å². The van der Waals surface area contributed by atoms with E-state index in [1.807, 2.05) is 12.1 Å². The topological polar surface area (TPSA) is 121 Å². The van der Waals surface area contributed by atoms with Crippen molar-refractivity contribution in [1.29, 1.82) is 0 Å². The van der Waals surface area contributed by atoms with Crippen LogP contribution < -0.4 is 10.2 Å². The van der Waals surface area contributed by atoms with E-state index in [-0.39, 0.29) is 11.5 Å². The Balaban J connectivity index is 0.000000421. The van der Waals surface area contributed by atoms with Crippen LogP contribution in [0.2, 0.25) is 0 Å². The SMILES string of the molecule is CC(=O)[O-].CC(=O)[O-].Cc1cc(O)c2ccccc2c1O. The third-order valence-corrected chi connectivity index (χ3v) is 2.18. The summed E-state index contributed by atoms with van der Waals surface area (Å²) >= 11 is 0. The van der Waals surface area contributed by atoms with Gasteiger partial charge < -0.3 is 30.0 Å². The minimum atomic E-state index is -1.08. The Bertz CT molecular complexity index is 613. The number of hydrogen-bond acceptors (Lipinski definition) is 6. The number of carboxylic acid groups (broad SMARTS) is 2. The number of carbonyl (C=O) groups excluding carboxylic acids is 2. The molecule has 0 aromatic heterocycles. The number of phenols is 2. The maximum absolute atomic E-state index is 9.67. The lowest BCUT2D eigenvalue weighted by Crippen LogP contribution is -2.16. The van der Waals surface area contributed by atoms with Gasteiger partial charge >= 0.3 is 0 Å². The van der Waals surface area contributed by atoms with Gasteiger partial charge in [0.1, 0.15) is 11.5 Å². The maximum atomic E-state index is 9.67. The van der Waals surface area contributed by atoms with E-state index < -0.39 is 11.9 Å². The Morgan fingerprint density at radius 1 is 0.952 bits per heavy atom. The molecular weight excluding hydrogens is 276 g/mol. The molecule has 114 valence electrons. The van der Waals surface area contributed by atoms with Gasteiger partial charge in [-0.1, -0.05) is 24.3 Å². The van der Waals surface area contributed by atoms with Crippen LogP contribution in [0.1, 0.15) is 19.4 Å². The average molecular weight is 292 g/mol. The zero-order valence-electron chi connectivity index (χ0n) is 11.9. The zero-order chi connectivity index (χ0) is 16.6. The molecule has 6 heteroatoms. The lowest BCUT2D eigenvalue weighted by molar-refractivity contribution is -0.303. The van der Waals surface area contributed by atoms with E-state index in [0.29, 0.717) is 16.3 Å². The van der Waals surface area contributed by atoms with Crippen LogP contribution in [0.5, 0.6) is 11.5 Å². The van der Waals surface area contributed by atoms with Crippen molar-refractivity contribution in [1.82, 2.24) is 0 Å². The normalized spacial score (nSPS) is 8.90. The molecule has 0 saturated carbocycles. The summed E-state index contributed by atoms with van der Waals surface area (Å²) in [6, 6.07) is 8.80. The van der Waals surface area contributed by atoms with Gasteiger partial charge in [-0.3, -0.25) is 0 Å². The molecule has 0 bridgehead atoms. The number of benzene rings is 2. The number of hydrogen-bond donors (Lipinski definition) is 2. The fourth-order valence-corrected chi connectivity index (χ4v) is 1.48. The summed E-state index contributed by atoms with van der Waals surface area (Å²) in [7, 11) is 0. The highest BCUT2D eigenvalue weighted by atomic mass is 16.4. The highest BCUT2D eigenvalue weighted by Crippen LogP contribution is 2.34. The van der Waals surface area contributed by atoms with E-state index in [2.05, 4.69) is 0 Å². The summed E-state index contributed by atoms with van der Waals surface area (Å²) in [6.07, 6.45) is 0. The quantitative estimate of drug-likeness (QED) is 0.663. The number of phenolic OH excluding ortho intramolecular Hbond substituents is 2. The van der Waals surface area contributed by atoms with Crippen LogP contribution in [0, 0.1) is 6.92 Å². The highest BCUT2D eigenvalue weighted by molar-refractivity contribution is 5.93. The smallest absolute Gasteiger partial charge is 0.126 e. The summed E-state index contributed by atoms with van der Waals surface area (Å²) in [5.74, 6) is -1.71. The number of rotatable bonds is 0. The number of aliphatic carboxylic acids is 2. The molecule has 0 aliphatic carbocycles. The molecule has 0 spiro atoms. The molecule has 0 heterocycles. The van der Waals surface area contributed by atoms with Crippen LogP contribution in [0.4, 0.5) is 0 Å². The van der Waals surface area contributed by atoms with Gasteiger partial charge in [-0.25, -0.2) is 0 Å². The predicted octanol–water partition coefficient (Wildman–Crippen LogP) is 0.0718. The molecule has 0 aliphatic rings. The molecule has 2 aromatic carbocycles. The molecule has 6 nitrogen and oxygen atoms in total. The van der Waals surface area contributed by atoms with E-state index in [0.717, 1.165) is 13.8 Å². The number of aromatic hydroxyl groups is 2. The van der Waals surface area contributed by atoms with Gasteiger partial charge in [-0.05, 0) is 32.4 Å². The van der Waals surface area contributed by atoms with E-state index in [1.54, 1.807) is 25.1 Å². The lowest BCUT2D eigenvalue weighted by Gasteiger charge is -2.05. The molecule has 0 unspecified atom stereocenters. The standard InChI is InChI=1S/C11H10O2.2C2H4O2/c1-7-6-10(12)8-4-2-3-5-9(8)11(7)13;2*1-2(3)4/h2-6,12-13H,1H3;2*1H3,(H,3,4)/p-2. The van der Waals surface area contributed by atoms with Crippen molar-refractivity contribution >= 4 is 22.7 Å². The molecular formula is C15H16O6-2. The molecule has 0 amide bonds. The van der Waals surface area contributed by atoms with Crippen LogP contribution in [0.15, 0.2) is 30.3 Å². The number of carboxylic acids is 2. The summed E-state index contributed by atoms with van der Waals surface area (Å²) < 4.78 is 0. The minimum Gasteiger partial charge on any atom is -0.550 e. The summed E-state index contributed by atoms with van der Waals surface area (Å²) in [4.78, 5) is 17.8. The van der Waals surface area contributed by atoms with Crippen molar-refractivity contribution in [3.8, 4) is 11.5 Å². The number of fused-ring (bicyclic) bond motifs is 1. The molecule has 0 atom stereocenters. The van der Waals surface area contributed by atoms with Gasteiger partial charge in [0.15, 0.2) is 0 Å². The summed E-state index contributed by atoms with van der Waals surface area (Å²) in [5.41, 5.74) is 0.691. The second-order valence-corrected chi connectivity index (χ2v) is 4.09. The molecule has 0 aliphatic heterocycles. The van der Waals surface area contributed by atoms with E-state index in [1.165, 1.54) is 0 Å². The van der Waals surface area contributed by atoms with Gasteiger partial charge in [0.2, 0.25) is 0 Å². The molecule has 2 N–H and O–H groups in total. The minimum absolute atomic E-state index is 0.214. The monoisotopic (exact) mass is 292 g/mol. The molecule has 0 fully saturated rings. The Labute approximate surface area is 121 Å². The largest absolute Gasteiger partial charge is 0.550 e. The second kappa shape index (κ2) is 8.42. The fourth-order valence-electron chi connectivity index (χ4n) is 1.48. The van der Waals surface area contributed by atoms with Gasteiger partial charge in [0, 0.05) is 22.7 Å². The molecule has 2 rings (SSSR count). The Hall–Kier alpha value is -2.76. The first-order valence-electron chi connectivity index (χ1n) is 5.92. The Morgan fingerprint density at radius 3 is 1.76 bits per heavy atom. The van der Waals surface area contributed by atoms with Gasteiger partial charge in [-0.2, -0.15) is 0 Å². The lowest BCUT2D eigenvalue weighted by atomic mass is 10.1. The predicted molar refractivity (Wildman–Crippen MR) is 73.4 cm³/mol. The van der Waals surface area contributed by atoms with E-state index in [4.69, 9.17) is 19.8 Å². The van der Waals surface area contributed by atoms with Crippen LogP contribution >= 0.6 is 0 Å². The maximum Gasteiger partial charge on any atom is 0.126 e. The molecule has 21 heavy (non-hydrogen) atoms. The Morgan fingerprint density at radius 2 is 1.33 bits per heavy atom. The number of carbonyl (C=O) groups is 2. The van der Waals surface area contributed by atoms with Crippen LogP contribution in [-0.4, -0.2) is 22.2 Å². The van der Waals surface area contributed by atoms with Gasteiger partial charge in [0.05, 0.1) is 0 Å². The average Bonchev–Trinajstić information content (AvgIpc) is 2.35. The highest BCUT2D eigenvalue weighted by Gasteiger charge is 2.06.